The van der Waals surface area contributed by atoms with Gasteiger partial charge in [-0.3, -0.25) is 9.59 Å². The van der Waals surface area contributed by atoms with Gasteiger partial charge in [-0.15, -0.1) is 5.06 Å². The van der Waals surface area contributed by atoms with E-state index in [1.165, 1.54) is 0 Å². The van der Waals surface area contributed by atoms with Gasteiger partial charge in [0.25, 0.3) is 11.8 Å². The number of amides is 2. The molecule has 2 amide bonds. The molecule has 19 heavy (non-hydrogen) atoms. The minimum Gasteiger partial charge on any atom is -0.482 e. The second kappa shape index (κ2) is 5.51. The van der Waals surface area contributed by atoms with Crippen LogP contribution in [-0.2, 0) is 19.2 Å². The predicted octanol–water partition coefficient (Wildman–Crippen LogP) is 0.981. The Morgan fingerprint density at radius 2 is 1.74 bits per heavy atom. The van der Waals surface area contributed by atoms with E-state index in [0.29, 0.717) is 10.8 Å². The van der Waals surface area contributed by atoms with Crippen LogP contribution in [0.15, 0.2) is 24.3 Å². The highest BCUT2D eigenvalue weighted by atomic mass is 16.7. The maximum absolute atomic E-state index is 11.4. The first-order chi connectivity index (χ1) is 9.06. The summed E-state index contributed by atoms with van der Waals surface area (Å²) < 4.78 is 5.18. The maximum atomic E-state index is 11.4. The van der Waals surface area contributed by atoms with Crippen LogP contribution in [0.3, 0.4) is 0 Å². The highest BCUT2D eigenvalue weighted by molar-refractivity contribution is 6.01. The summed E-state index contributed by atoms with van der Waals surface area (Å²) >= 11 is 0. The molecule has 1 aliphatic rings. The van der Waals surface area contributed by atoms with Crippen molar-refractivity contribution >= 4 is 17.8 Å². The molecule has 1 fully saturated rings. The molecule has 0 saturated carbocycles. The molecule has 2 rings (SSSR count). The zero-order chi connectivity index (χ0) is 13.8. The number of hydrogen-bond donors (Lipinski definition) is 0. The second-order valence-electron chi connectivity index (χ2n) is 4.15. The molecule has 0 atom stereocenters. The Morgan fingerprint density at radius 3 is 2.32 bits per heavy atom. The number of ether oxygens (including phenoxy) is 1. The van der Waals surface area contributed by atoms with Gasteiger partial charge in [-0.05, 0) is 19.1 Å². The molecule has 0 spiro atoms. The molecule has 1 saturated heterocycles. The van der Waals surface area contributed by atoms with Crippen molar-refractivity contribution in [3.8, 4) is 5.75 Å². The van der Waals surface area contributed by atoms with Crippen LogP contribution in [0.2, 0.25) is 0 Å². The Bertz CT molecular complexity index is 492. The largest absolute Gasteiger partial charge is 0.482 e. The fraction of sp³-hybridized carbons (Fsp3) is 0.308. The van der Waals surface area contributed by atoms with Gasteiger partial charge in [-0.1, -0.05) is 17.7 Å². The van der Waals surface area contributed by atoms with Crippen molar-refractivity contribution < 1.29 is 24.0 Å². The van der Waals surface area contributed by atoms with Crippen molar-refractivity contribution in [1.29, 1.82) is 0 Å². The zero-order valence-corrected chi connectivity index (χ0v) is 10.4. The van der Waals surface area contributed by atoms with Gasteiger partial charge >= 0.3 is 5.97 Å². The molecule has 6 heteroatoms. The number of rotatable bonds is 4. The Hall–Kier alpha value is -2.37. The summed E-state index contributed by atoms with van der Waals surface area (Å²) in [5, 5.41) is 0.501. The summed E-state index contributed by atoms with van der Waals surface area (Å²) in [7, 11) is 0. The van der Waals surface area contributed by atoms with E-state index in [1.54, 1.807) is 12.1 Å². The number of imide groups is 1. The lowest BCUT2D eigenvalue weighted by Gasteiger charge is -2.12. The number of carbonyl (C=O) groups is 3. The molecule has 0 unspecified atom stereocenters. The van der Waals surface area contributed by atoms with Gasteiger partial charge in [0.1, 0.15) is 5.75 Å². The summed E-state index contributed by atoms with van der Waals surface area (Å²) in [6.07, 6.45) is 0.149. The number of carbonyl (C=O) groups excluding carboxylic acids is 3. The Labute approximate surface area is 109 Å². The summed E-state index contributed by atoms with van der Waals surface area (Å²) in [6, 6.07) is 7.12. The average molecular weight is 263 g/mol. The molecule has 0 aliphatic carbocycles. The van der Waals surface area contributed by atoms with E-state index >= 15 is 0 Å². The third-order valence-corrected chi connectivity index (χ3v) is 2.58. The second-order valence-corrected chi connectivity index (χ2v) is 4.15. The maximum Gasteiger partial charge on any atom is 0.370 e. The minimum absolute atomic E-state index is 0.0743. The van der Waals surface area contributed by atoms with Gasteiger partial charge in [0.15, 0.2) is 6.61 Å². The first-order valence-corrected chi connectivity index (χ1v) is 5.82. The number of hydroxylamine groups is 2. The first kappa shape index (κ1) is 13.1. The van der Waals surface area contributed by atoms with Crippen LogP contribution < -0.4 is 4.74 Å². The van der Waals surface area contributed by atoms with E-state index < -0.39 is 17.8 Å². The van der Waals surface area contributed by atoms with E-state index in [2.05, 4.69) is 4.84 Å². The van der Waals surface area contributed by atoms with Crippen LogP contribution in [0.4, 0.5) is 0 Å². The van der Waals surface area contributed by atoms with Gasteiger partial charge in [0.05, 0.1) is 0 Å². The first-order valence-electron chi connectivity index (χ1n) is 5.82. The molecule has 1 aromatic rings. The number of hydrogen-bond acceptors (Lipinski definition) is 5. The summed E-state index contributed by atoms with van der Waals surface area (Å²) in [6.45, 7) is 1.57. The van der Waals surface area contributed by atoms with Crippen molar-refractivity contribution in [2.75, 3.05) is 6.61 Å². The SMILES string of the molecule is Cc1ccc(OCC(=O)ON2C(=O)CCC2=O)cc1. The molecular weight excluding hydrogens is 250 g/mol. The molecule has 0 bridgehead atoms. The van der Waals surface area contributed by atoms with Crippen molar-refractivity contribution in [3.05, 3.63) is 29.8 Å². The lowest BCUT2D eigenvalue weighted by atomic mass is 10.2. The molecule has 1 heterocycles. The Morgan fingerprint density at radius 1 is 1.16 bits per heavy atom. The standard InChI is InChI=1S/C13H13NO5/c1-9-2-4-10(5-3-9)18-8-13(17)19-14-11(15)6-7-12(14)16/h2-5H,6-8H2,1H3. The summed E-state index contributed by atoms with van der Waals surface area (Å²) in [5.74, 6) is -1.28. The molecule has 100 valence electrons. The summed E-state index contributed by atoms with van der Waals surface area (Å²) in [4.78, 5) is 38.5. The van der Waals surface area contributed by atoms with E-state index in [4.69, 9.17) is 4.74 Å². The third-order valence-electron chi connectivity index (χ3n) is 2.58. The number of nitrogens with zero attached hydrogens (tertiary/aromatic N) is 1. The molecule has 0 aromatic heterocycles. The molecule has 0 radical (unpaired) electrons. The van der Waals surface area contributed by atoms with Crippen LogP contribution in [0.1, 0.15) is 18.4 Å². The normalized spacial score (nSPS) is 14.7. The minimum atomic E-state index is -0.788. The van der Waals surface area contributed by atoms with E-state index in [1.807, 2.05) is 19.1 Å². The van der Waals surface area contributed by atoms with Crippen LogP contribution >= 0.6 is 0 Å². The Kier molecular flexibility index (Phi) is 3.79. The van der Waals surface area contributed by atoms with Crippen LogP contribution in [-0.4, -0.2) is 29.5 Å². The zero-order valence-electron chi connectivity index (χ0n) is 10.4. The topological polar surface area (TPSA) is 72.9 Å². The van der Waals surface area contributed by atoms with Crippen molar-refractivity contribution in [2.45, 2.75) is 19.8 Å². The van der Waals surface area contributed by atoms with Crippen LogP contribution in [0, 0.1) is 6.92 Å². The molecule has 1 aliphatic heterocycles. The van der Waals surface area contributed by atoms with E-state index in [0.717, 1.165) is 5.56 Å². The van der Waals surface area contributed by atoms with Gasteiger partial charge < -0.3 is 9.57 Å². The fourth-order valence-electron chi connectivity index (χ4n) is 1.56. The van der Waals surface area contributed by atoms with Gasteiger partial charge in [0.2, 0.25) is 0 Å². The lowest BCUT2D eigenvalue weighted by molar-refractivity contribution is -0.198. The smallest absolute Gasteiger partial charge is 0.370 e. The highest BCUT2D eigenvalue weighted by Gasteiger charge is 2.32. The average Bonchev–Trinajstić information content (AvgIpc) is 2.70. The van der Waals surface area contributed by atoms with Crippen molar-refractivity contribution in [2.24, 2.45) is 0 Å². The van der Waals surface area contributed by atoms with Crippen LogP contribution in [0.5, 0.6) is 5.75 Å². The van der Waals surface area contributed by atoms with Crippen molar-refractivity contribution in [3.63, 3.8) is 0 Å². The monoisotopic (exact) mass is 263 g/mol. The van der Waals surface area contributed by atoms with Gasteiger partial charge in [-0.25, -0.2) is 4.79 Å². The number of aryl methyl sites for hydroxylation is 1. The third kappa shape index (κ3) is 3.31. The molecule has 1 aromatic carbocycles. The molecule has 6 nitrogen and oxygen atoms in total. The van der Waals surface area contributed by atoms with Crippen molar-refractivity contribution in [1.82, 2.24) is 5.06 Å². The molecular formula is C13H13NO5. The number of benzene rings is 1. The predicted molar refractivity (Wildman–Crippen MR) is 63.9 cm³/mol. The fourth-order valence-corrected chi connectivity index (χ4v) is 1.56. The Balaban J connectivity index is 1.83. The molecule has 0 N–H and O–H groups in total. The van der Waals surface area contributed by atoms with Gasteiger partial charge in [-0.2, -0.15) is 0 Å². The van der Waals surface area contributed by atoms with E-state index in [9.17, 15) is 14.4 Å². The van der Waals surface area contributed by atoms with Crippen LogP contribution in [0.25, 0.3) is 0 Å². The highest BCUT2D eigenvalue weighted by Crippen LogP contribution is 2.13. The van der Waals surface area contributed by atoms with Gasteiger partial charge in [0, 0.05) is 12.8 Å². The summed E-state index contributed by atoms with van der Waals surface area (Å²) in [5.41, 5.74) is 1.07. The lowest BCUT2D eigenvalue weighted by Crippen LogP contribution is -2.33. The quantitative estimate of drug-likeness (QED) is 0.757. The van der Waals surface area contributed by atoms with E-state index in [-0.39, 0.29) is 19.4 Å².